The molecule has 5 rings (SSSR count). The number of rotatable bonds is 30. The number of nitrogens with zero attached hydrogens (tertiary/aromatic N) is 3. The Labute approximate surface area is 534 Å². The van der Waals surface area contributed by atoms with Gasteiger partial charge in [0.1, 0.15) is 11.5 Å². The minimum Gasteiger partial charge on any atom is -1.00 e. The van der Waals surface area contributed by atoms with Crippen molar-refractivity contribution in [2.75, 3.05) is 79.9 Å². The number of carbonyl (C=O) groups excluding carboxylic acids is 4. The van der Waals surface area contributed by atoms with Gasteiger partial charge in [-0.25, -0.2) is 0 Å². The van der Waals surface area contributed by atoms with E-state index in [1.807, 2.05) is 116 Å². The summed E-state index contributed by atoms with van der Waals surface area (Å²) >= 11 is 0. The largest absolute Gasteiger partial charge is 1.00 e. The Morgan fingerprint density at radius 2 is 0.898 bits per heavy atom. The number of Topliss-reactive ketones (excluding diaryl/α,β-unsaturated/α-hetero) is 2. The molecule has 88 heavy (non-hydrogen) atoms. The number of aliphatic hydroxyl groups is 1. The Morgan fingerprint density at radius 1 is 0.557 bits per heavy atom. The quantitative estimate of drug-likeness (QED) is 0.0308. The van der Waals surface area contributed by atoms with E-state index in [4.69, 9.17) is 18.6 Å². The molecule has 2 amide bonds. The second kappa shape index (κ2) is 39.1. The molecule has 0 unspecified atom stereocenters. The van der Waals surface area contributed by atoms with Crippen LogP contribution in [0.15, 0.2) is 72.8 Å². The highest BCUT2D eigenvalue weighted by atomic mass is 28.4. The van der Waals surface area contributed by atoms with Crippen molar-refractivity contribution in [2.24, 2.45) is 0 Å². The predicted molar refractivity (Wildman–Crippen MR) is 365 cm³/mol. The number of unbranched alkanes of at least 4 members (excludes halogenated alkanes) is 4. The molecule has 496 valence electrons. The molecular weight excluding hydrogens is 1120 g/mol. The third-order valence-electron chi connectivity index (χ3n) is 17.3. The fourth-order valence-corrected chi connectivity index (χ4v) is 11.9. The van der Waals surface area contributed by atoms with Crippen LogP contribution in [0.4, 0.5) is 0 Å². The van der Waals surface area contributed by atoms with Crippen LogP contribution in [0.25, 0.3) is 0 Å². The van der Waals surface area contributed by atoms with E-state index in [-0.39, 0.29) is 52.8 Å². The van der Waals surface area contributed by atoms with Gasteiger partial charge < -0.3 is 42.7 Å². The van der Waals surface area contributed by atoms with E-state index in [1.165, 1.54) is 99.8 Å². The van der Waals surface area contributed by atoms with Crippen LogP contribution in [0, 0.1) is 27.7 Å². The van der Waals surface area contributed by atoms with Crippen LogP contribution in [0.1, 0.15) is 229 Å². The standard InChI is InChI=1S/C30H45NO4Si.C24H31NO4.C16H36N.C4H8O.FH/c1-12-24-25(14-13-15-27(24)34-9)26(32)19-31(28(33)23-17-21(2)16-22(3)18-23)30(7,8)20-35-36(10,11)29(4,5)6;1-7-19-20(9-8-10-22(19)29-6)21(27)14-25(24(4,5)15-26)23(28)18-12-16(2)11-17(3)13-18;1-5-9-13-17(14-10-6-2,15-11-7-3)16-12-8-4;1-2-4-5-3-1;/h13-18H,12,19-20H2,1-11H3;8-13,26H,7,14-15H2,1-6H3;5-16H2,1-4H3;1-4H2;1H/q;;+1;;/p-1. The number of hydrogen-bond donors (Lipinski definition) is 1. The molecule has 1 N–H and O–H groups in total. The number of quaternary nitrogens is 1. The van der Waals surface area contributed by atoms with Crippen molar-refractivity contribution in [2.45, 2.75) is 224 Å². The molecule has 0 atom stereocenters. The Kier molecular flexibility index (Phi) is 35.9. The number of carbonyl (C=O) groups is 4. The number of amides is 2. The highest BCUT2D eigenvalue weighted by molar-refractivity contribution is 6.74. The lowest BCUT2D eigenvalue weighted by molar-refractivity contribution is -0.929. The van der Waals surface area contributed by atoms with Gasteiger partial charge in [0.15, 0.2) is 19.9 Å². The SMILES string of the molecule is C1CCOC1.CCCC[N+](CCCC)(CCCC)CCCC.CCc1c(OC)cccc1C(=O)CN(C(=O)c1cc(C)cc(C)c1)C(C)(C)CO.CCc1c(OC)cccc1C(=O)CN(C(=O)c1cc(C)cc(C)c1)C(C)(C)CO[Si](C)(C)C(C)(C)C.[F-]. The number of ketones is 2. The number of benzene rings is 4. The summed E-state index contributed by atoms with van der Waals surface area (Å²) in [6.45, 7) is 47.2. The second-order valence-corrected chi connectivity index (χ2v) is 31.7. The first-order valence-corrected chi connectivity index (χ1v) is 35.7. The summed E-state index contributed by atoms with van der Waals surface area (Å²) in [5.41, 5.74) is 6.29. The topological polar surface area (TPSA) is 132 Å². The molecule has 0 spiro atoms. The number of halogens is 1. The van der Waals surface area contributed by atoms with E-state index in [9.17, 15) is 24.3 Å². The Balaban J connectivity index is 0.000000662. The first kappa shape index (κ1) is 80.8. The number of ether oxygens (including phenoxy) is 3. The minimum absolute atomic E-state index is 0. The molecule has 0 radical (unpaired) electrons. The number of aliphatic hydroxyl groups excluding tert-OH is 1. The molecule has 4 aromatic carbocycles. The summed E-state index contributed by atoms with van der Waals surface area (Å²) in [6.07, 6.45) is 14.9. The van der Waals surface area contributed by atoms with Crippen LogP contribution in [-0.4, -0.2) is 142 Å². The number of methoxy groups -OCH3 is 2. The molecule has 1 aliphatic rings. The van der Waals surface area contributed by atoms with E-state index < -0.39 is 19.4 Å². The molecule has 0 aliphatic carbocycles. The summed E-state index contributed by atoms with van der Waals surface area (Å²) in [4.78, 5) is 57.4. The Morgan fingerprint density at radius 3 is 1.17 bits per heavy atom. The smallest absolute Gasteiger partial charge is 0.254 e. The lowest BCUT2D eigenvalue weighted by Crippen LogP contribution is -3.00. The maximum atomic E-state index is 14.0. The summed E-state index contributed by atoms with van der Waals surface area (Å²) < 4.78 is 23.8. The lowest BCUT2D eigenvalue weighted by atomic mass is 9.96. The Bertz CT molecular complexity index is 2660. The highest BCUT2D eigenvalue weighted by Crippen LogP contribution is 2.38. The van der Waals surface area contributed by atoms with Crippen LogP contribution >= 0.6 is 0 Å². The van der Waals surface area contributed by atoms with Gasteiger partial charge in [0.05, 0.1) is 77.8 Å². The fourth-order valence-electron chi connectivity index (χ4n) is 10.7. The van der Waals surface area contributed by atoms with E-state index in [0.29, 0.717) is 53.2 Å². The zero-order valence-electron chi connectivity index (χ0n) is 58.9. The van der Waals surface area contributed by atoms with Gasteiger partial charge in [-0.2, -0.15) is 0 Å². The lowest BCUT2D eigenvalue weighted by Gasteiger charge is -2.43. The zero-order valence-corrected chi connectivity index (χ0v) is 59.9. The van der Waals surface area contributed by atoms with Crippen LogP contribution in [0.5, 0.6) is 11.5 Å². The highest BCUT2D eigenvalue weighted by Gasteiger charge is 2.42. The molecule has 0 bridgehead atoms. The van der Waals surface area contributed by atoms with Crippen molar-refractivity contribution in [3.05, 3.63) is 128 Å². The summed E-state index contributed by atoms with van der Waals surface area (Å²) in [7, 11) is 1.13. The first-order valence-electron chi connectivity index (χ1n) is 32.8. The van der Waals surface area contributed by atoms with Crippen molar-refractivity contribution in [3.8, 4) is 11.5 Å². The molecular formula is C74H120FN3O9Si. The molecule has 1 fully saturated rings. The van der Waals surface area contributed by atoms with Gasteiger partial charge in [-0.1, -0.05) is 147 Å². The van der Waals surface area contributed by atoms with E-state index in [2.05, 4.69) is 61.6 Å². The maximum Gasteiger partial charge on any atom is 0.254 e. The van der Waals surface area contributed by atoms with Gasteiger partial charge in [0, 0.05) is 46.6 Å². The van der Waals surface area contributed by atoms with Crippen LogP contribution < -0.4 is 14.2 Å². The van der Waals surface area contributed by atoms with Gasteiger partial charge in [-0.15, -0.1) is 0 Å². The average Bonchev–Trinajstić information content (AvgIpc) is 3.03. The van der Waals surface area contributed by atoms with Crippen LogP contribution in [-0.2, 0) is 22.0 Å². The summed E-state index contributed by atoms with van der Waals surface area (Å²) in [5.74, 6) is 0.622. The fraction of sp³-hybridized carbons (Fsp3) is 0.622. The van der Waals surface area contributed by atoms with E-state index >= 15 is 0 Å². The van der Waals surface area contributed by atoms with Gasteiger partial charge in [0.2, 0.25) is 0 Å². The number of aryl methyl sites for hydroxylation is 4. The number of hydrogen-bond acceptors (Lipinski definition) is 9. The van der Waals surface area contributed by atoms with Gasteiger partial charge in [-0.05, 0) is 161 Å². The first-order chi connectivity index (χ1) is 40.9. The predicted octanol–water partition coefficient (Wildman–Crippen LogP) is 13.8. The third-order valence-corrected chi connectivity index (χ3v) is 21.7. The van der Waals surface area contributed by atoms with Crippen molar-refractivity contribution in [1.82, 2.24) is 9.80 Å². The van der Waals surface area contributed by atoms with Gasteiger partial charge >= 0.3 is 0 Å². The van der Waals surface area contributed by atoms with E-state index in [1.54, 1.807) is 45.1 Å². The van der Waals surface area contributed by atoms with E-state index in [0.717, 1.165) is 46.6 Å². The summed E-state index contributed by atoms with van der Waals surface area (Å²) in [6, 6.07) is 22.3. The molecule has 0 aromatic heterocycles. The molecule has 4 aromatic rings. The monoisotopic (exact) mass is 1240 g/mol. The maximum absolute atomic E-state index is 14.0. The van der Waals surface area contributed by atoms with Gasteiger partial charge in [0.25, 0.3) is 11.8 Å². The molecule has 0 saturated carbocycles. The molecule has 1 heterocycles. The van der Waals surface area contributed by atoms with Crippen LogP contribution in [0.2, 0.25) is 18.1 Å². The van der Waals surface area contributed by atoms with Crippen molar-refractivity contribution >= 4 is 31.7 Å². The molecule has 14 heteroatoms. The molecule has 1 aliphatic heterocycles. The normalized spacial score (nSPS) is 12.5. The van der Waals surface area contributed by atoms with Crippen molar-refractivity contribution in [1.29, 1.82) is 0 Å². The van der Waals surface area contributed by atoms with Crippen LogP contribution in [0.3, 0.4) is 0 Å². The average molecular weight is 1240 g/mol. The molecule has 1 saturated heterocycles. The summed E-state index contributed by atoms with van der Waals surface area (Å²) in [5, 5.41) is 9.95. The minimum atomic E-state index is -2.06. The third kappa shape index (κ3) is 25.2. The zero-order chi connectivity index (χ0) is 65.8. The van der Waals surface area contributed by atoms with Crippen molar-refractivity contribution in [3.63, 3.8) is 0 Å². The van der Waals surface area contributed by atoms with Crippen molar-refractivity contribution < 1.29 is 52.1 Å². The molecule has 12 nitrogen and oxygen atoms in total. The Hall–Kier alpha value is -5.25. The van der Waals surface area contributed by atoms with Gasteiger partial charge in [-0.3, -0.25) is 19.2 Å². The second-order valence-electron chi connectivity index (χ2n) is 26.9.